The average molecular weight is 407 g/mol. The Kier molecular flexibility index (Phi) is 5.47. The van der Waals surface area contributed by atoms with Crippen molar-refractivity contribution in [1.29, 1.82) is 0 Å². The maximum absolute atomic E-state index is 13.6. The van der Waals surface area contributed by atoms with Crippen LogP contribution in [0.1, 0.15) is 53.6 Å². The number of nitrogens with one attached hydrogen (secondary N) is 2. The molecule has 2 N–H and O–H groups in total. The van der Waals surface area contributed by atoms with Crippen molar-refractivity contribution in [2.45, 2.75) is 44.4 Å². The van der Waals surface area contributed by atoms with E-state index in [9.17, 15) is 18.0 Å². The number of hydrogen-bond donors (Lipinski definition) is 2. The molecule has 0 fully saturated rings. The van der Waals surface area contributed by atoms with Gasteiger partial charge in [0.05, 0.1) is 6.04 Å². The Hall–Kier alpha value is -1.74. The largest absolute Gasteiger partial charge is 0.410 e. The van der Waals surface area contributed by atoms with E-state index in [2.05, 4.69) is 15.7 Å². The maximum atomic E-state index is 13.6. The Morgan fingerprint density at radius 1 is 1.54 bits per heavy atom. The van der Waals surface area contributed by atoms with Crippen LogP contribution in [0.2, 0.25) is 5.02 Å². The molecule has 142 valence electrons. The van der Waals surface area contributed by atoms with Crippen molar-refractivity contribution in [3.8, 4) is 0 Å². The fourth-order valence-corrected chi connectivity index (χ4v) is 3.93. The number of carbonyl (C=O) groups excluding carboxylic acids is 1. The quantitative estimate of drug-likeness (QED) is 0.702. The summed E-state index contributed by atoms with van der Waals surface area (Å²) < 4.78 is 41.6. The van der Waals surface area contributed by atoms with Crippen molar-refractivity contribution in [1.82, 2.24) is 15.1 Å². The molecular weight excluding hydrogens is 389 g/mol. The van der Waals surface area contributed by atoms with Crippen LogP contribution in [0.4, 0.5) is 19.0 Å². The van der Waals surface area contributed by atoms with Gasteiger partial charge in [-0.1, -0.05) is 31.0 Å². The molecule has 0 radical (unpaired) electrons. The summed E-state index contributed by atoms with van der Waals surface area (Å²) in [4.78, 5) is 13.0. The summed E-state index contributed by atoms with van der Waals surface area (Å²) in [6.07, 6.45) is -3.07. The topological polar surface area (TPSA) is 59.0 Å². The highest BCUT2D eigenvalue weighted by Crippen LogP contribution is 2.46. The molecule has 0 saturated heterocycles. The van der Waals surface area contributed by atoms with E-state index in [0.717, 1.165) is 22.4 Å². The van der Waals surface area contributed by atoms with Gasteiger partial charge in [0, 0.05) is 17.8 Å². The van der Waals surface area contributed by atoms with Crippen LogP contribution in [0.5, 0.6) is 0 Å². The van der Waals surface area contributed by atoms with Crippen molar-refractivity contribution in [3.05, 3.63) is 33.1 Å². The van der Waals surface area contributed by atoms with E-state index in [1.54, 1.807) is 17.5 Å². The number of carbonyl (C=O) groups is 1. The molecule has 2 aromatic rings. The number of fused-ring (bicyclic) bond motifs is 1. The van der Waals surface area contributed by atoms with E-state index in [0.29, 0.717) is 6.54 Å². The second kappa shape index (κ2) is 7.48. The first-order valence-electron chi connectivity index (χ1n) is 8.25. The Balaban J connectivity index is 1.95. The van der Waals surface area contributed by atoms with E-state index in [4.69, 9.17) is 11.6 Å². The first-order valence-corrected chi connectivity index (χ1v) is 9.51. The van der Waals surface area contributed by atoms with Gasteiger partial charge in [-0.15, -0.1) is 11.3 Å². The van der Waals surface area contributed by atoms with Crippen molar-refractivity contribution in [3.63, 3.8) is 0 Å². The van der Waals surface area contributed by atoms with Crippen LogP contribution >= 0.6 is 22.9 Å². The number of thiophene rings is 1. The summed E-state index contributed by atoms with van der Waals surface area (Å²) in [6, 6.07) is 1.17. The van der Waals surface area contributed by atoms with Crippen molar-refractivity contribution < 1.29 is 18.0 Å². The lowest BCUT2D eigenvalue weighted by molar-refractivity contribution is -0.173. The molecule has 0 bridgehead atoms. The molecule has 0 saturated carbocycles. The molecule has 0 unspecified atom stereocenters. The first kappa shape index (κ1) is 19.0. The first-order chi connectivity index (χ1) is 12.3. The molecule has 1 aliphatic heterocycles. The SMILES string of the molecule is CCCCNC(=O)c1nn2c(c1Cl)N[C@H](c1cccs1)C[C@H]2C(F)(F)F. The second-order valence-corrected chi connectivity index (χ2v) is 7.43. The number of amides is 1. The van der Waals surface area contributed by atoms with Gasteiger partial charge < -0.3 is 10.6 Å². The minimum atomic E-state index is -4.50. The molecule has 3 rings (SSSR count). The summed E-state index contributed by atoms with van der Waals surface area (Å²) in [6.45, 7) is 2.39. The number of aromatic nitrogens is 2. The van der Waals surface area contributed by atoms with Gasteiger partial charge in [0.15, 0.2) is 11.7 Å². The van der Waals surface area contributed by atoms with Gasteiger partial charge in [0.1, 0.15) is 10.8 Å². The third-order valence-corrected chi connectivity index (χ3v) is 5.56. The summed E-state index contributed by atoms with van der Waals surface area (Å²) in [5.41, 5.74) is -0.189. The zero-order valence-electron chi connectivity index (χ0n) is 13.9. The van der Waals surface area contributed by atoms with E-state index in [1.807, 2.05) is 6.92 Å². The highest BCUT2D eigenvalue weighted by Gasteiger charge is 2.48. The van der Waals surface area contributed by atoms with Gasteiger partial charge >= 0.3 is 6.18 Å². The predicted octanol–water partition coefficient (Wildman–Crippen LogP) is 4.79. The normalized spacial score (nSPS) is 19.7. The average Bonchev–Trinajstić information content (AvgIpc) is 3.22. The summed E-state index contributed by atoms with van der Waals surface area (Å²) in [5, 5.41) is 11.3. The molecule has 10 heteroatoms. The molecule has 3 heterocycles. The third kappa shape index (κ3) is 3.68. The Labute approximate surface area is 157 Å². The number of rotatable bonds is 5. The molecule has 0 aliphatic carbocycles. The minimum absolute atomic E-state index is 0.0271. The smallest absolute Gasteiger partial charge is 0.361 e. The zero-order chi connectivity index (χ0) is 18.9. The molecule has 2 aromatic heterocycles. The fraction of sp³-hybridized carbons (Fsp3) is 0.500. The molecule has 26 heavy (non-hydrogen) atoms. The van der Waals surface area contributed by atoms with Crippen LogP contribution < -0.4 is 10.6 Å². The number of halogens is 4. The molecular formula is C16H18ClF3N4OS. The Morgan fingerprint density at radius 2 is 2.31 bits per heavy atom. The van der Waals surface area contributed by atoms with Gasteiger partial charge in [-0.05, 0) is 17.9 Å². The fourth-order valence-electron chi connectivity index (χ4n) is 2.87. The maximum Gasteiger partial charge on any atom is 0.410 e. The van der Waals surface area contributed by atoms with Gasteiger partial charge in [0.2, 0.25) is 0 Å². The van der Waals surface area contributed by atoms with Crippen LogP contribution in [0, 0.1) is 0 Å². The number of alkyl halides is 3. The monoisotopic (exact) mass is 406 g/mol. The van der Waals surface area contributed by atoms with E-state index in [-0.39, 0.29) is 23.0 Å². The lowest BCUT2D eigenvalue weighted by atomic mass is 10.0. The van der Waals surface area contributed by atoms with Gasteiger partial charge in [-0.25, -0.2) is 4.68 Å². The Bertz CT molecular complexity index is 775. The third-order valence-electron chi connectivity index (χ3n) is 4.21. The highest BCUT2D eigenvalue weighted by atomic mass is 35.5. The predicted molar refractivity (Wildman–Crippen MR) is 94.9 cm³/mol. The summed E-state index contributed by atoms with van der Waals surface area (Å²) >= 11 is 7.59. The molecule has 0 aromatic carbocycles. The molecule has 5 nitrogen and oxygen atoms in total. The van der Waals surface area contributed by atoms with E-state index >= 15 is 0 Å². The highest BCUT2D eigenvalue weighted by molar-refractivity contribution is 7.10. The lowest BCUT2D eigenvalue weighted by Crippen LogP contribution is -2.35. The summed E-state index contributed by atoms with van der Waals surface area (Å²) in [7, 11) is 0. The minimum Gasteiger partial charge on any atom is -0.361 e. The van der Waals surface area contributed by atoms with Crippen molar-refractivity contribution in [2.24, 2.45) is 0 Å². The molecule has 1 aliphatic rings. The van der Waals surface area contributed by atoms with Crippen molar-refractivity contribution in [2.75, 3.05) is 11.9 Å². The molecule has 2 atom stereocenters. The van der Waals surface area contributed by atoms with Crippen LogP contribution in [-0.4, -0.2) is 28.4 Å². The van der Waals surface area contributed by atoms with Crippen LogP contribution in [0.15, 0.2) is 17.5 Å². The second-order valence-electron chi connectivity index (χ2n) is 6.07. The lowest BCUT2D eigenvalue weighted by Gasteiger charge is -2.32. The van der Waals surface area contributed by atoms with Crippen LogP contribution in [0.3, 0.4) is 0 Å². The van der Waals surface area contributed by atoms with Gasteiger partial charge in [-0.2, -0.15) is 18.3 Å². The summed E-state index contributed by atoms with van der Waals surface area (Å²) in [5.74, 6) is -0.542. The van der Waals surface area contributed by atoms with Crippen LogP contribution in [0.25, 0.3) is 0 Å². The van der Waals surface area contributed by atoms with E-state index < -0.39 is 24.2 Å². The van der Waals surface area contributed by atoms with Crippen LogP contribution in [-0.2, 0) is 0 Å². The number of unbranched alkanes of at least 4 members (excludes halogenated alkanes) is 1. The molecule has 1 amide bonds. The van der Waals surface area contributed by atoms with E-state index in [1.165, 1.54) is 11.3 Å². The number of hydrogen-bond acceptors (Lipinski definition) is 4. The Morgan fingerprint density at radius 3 is 2.92 bits per heavy atom. The van der Waals surface area contributed by atoms with Crippen molar-refractivity contribution >= 4 is 34.7 Å². The van der Waals surface area contributed by atoms with Gasteiger partial charge in [0.25, 0.3) is 5.91 Å². The zero-order valence-corrected chi connectivity index (χ0v) is 15.5. The number of anilines is 1. The standard InChI is InChI=1S/C16H18ClF3N4OS/c1-2-3-6-21-15(25)13-12(17)14-22-9(10-5-4-7-26-10)8-11(16(18,19)20)24(14)23-13/h4-5,7,9,11,22H,2-3,6,8H2,1H3,(H,21,25)/t9-,11-/m0/s1. The molecule has 0 spiro atoms. The number of nitrogens with zero attached hydrogens (tertiary/aromatic N) is 2. The van der Waals surface area contributed by atoms with Gasteiger partial charge in [-0.3, -0.25) is 4.79 Å².